The average Bonchev–Trinajstić information content (AvgIpc) is 3.00. The number of carbonyl (C=O) groups is 1. The molecule has 5 nitrogen and oxygen atoms in total. The van der Waals surface area contributed by atoms with Crippen LogP contribution >= 0.6 is 11.3 Å². The lowest BCUT2D eigenvalue weighted by Crippen LogP contribution is -2.25. The molecule has 19 heavy (non-hydrogen) atoms. The van der Waals surface area contributed by atoms with Crippen molar-refractivity contribution in [3.63, 3.8) is 0 Å². The number of nitrogens with one attached hydrogen (secondary N) is 1. The summed E-state index contributed by atoms with van der Waals surface area (Å²) in [5.74, 6) is -0.117. The van der Waals surface area contributed by atoms with Crippen molar-refractivity contribution in [2.45, 2.75) is 32.1 Å². The molecule has 3 rings (SSSR count). The van der Waals surface area contributed by atoms with Crippen LogP contribution < -0.4 is 5.32 Å². The third-order valence-corrected chi connectivity index (χ3v) is 4.02. The zero-order valence-electron chi connectivity index (χ0n) is 10.6. The summed E-state index contributed by atoms with van der Waals surface area (Å²) < 4.78 is 1.63. The minimum atomic E-state index is -0.117. The summed E-state index contributed by atoms with van der Waals surface area (Å²) in [6.07, 6.45) is 9.88. The highest BCUT2D eigenvalue weighted by molar-refractivity contribution is 7.14. The van der Waals surface area contributed by atoms with Crippen molar-refractivity contribution in [2.75, 3.05) is 6.54 Å². The van der Waals surface area contributed by atoms with Gasteiger partial charge in [0.1, 0.15) is 11.2 Å². The van der Waals surface area contributed by atoms with E-state index in [0.717, 1.165) is 11.4 Å². The number of aromatic nitrogens is 3. The van der Waals surface area contributed by atoms with Crippen LogP contribution in [0.1, 0.15) is 42.6 Å². The Kier molecular flexibility index (Phi) is 3.59. The van der Waals surface area contributed by atoms with Gasteiger partial charge in [-0.25, -0.2) is 9.50 Å². The Morgan fingerprint density at radius 3 is 3.21 bits per heavy atom. The molecule has 1 amide bonds. The van der Waals surface area contributed by atoms with E-state index >= 15 is 0 Å². The van der Waals surface area contributed by atoms with E-state index in [-0.39, 0.29) is 5.91 Å². The quantitative estimate of drug-likeness (QED) is 0.872. The van der Waals surface area contributed by atoms with Crippen molar-refractivity contribution in [1.82, 2.24) is 19.9 Å². The molecule has 0 fully saturated rings. The minimum Gasteiger partial charge on any atom is -0.350 e. The van der Waals surface area contributed by atoms with Crippen molar-refractivity contribution >= 4 is 22.2 Å². The molecule has 0 aromatic carbocycles. The Labute approximate surface area is 115 Å². The van der Waals surface area contributed by atoms with E-state index in [0.29, 0.717) is 12.2 Å². The van der Waals surface area contributed by atoms with Gasteiger partial charge in [-0.05, 0) is 32.1 Å². The van der Waals surface area contributed by atoms with E-state index in [1.165, 1.54) is 42.6 Å². The average molecular weight is 276 g/mol. The number of fused-ring (bicyclic) bond motifs is 1. The molecule has 0 unspecified atom stereocenters. The Hall–Kier alpha value is -1.69. The second-order valence-electron chi connectivity index (χ2n) is 4.71. The van der Waals surface area contributed by atoms with Crippen LogP contribution in [-0.4, -0.2) is 27.0 Å². The molecule has 0 aliphatic heterocycles. The van der Waals surface area contributed by atoms with Gasteiger partial charge in [-0.3, -0.25) is 4.79 Å². The van der Waals surface area contributed by atoms with E-state index in [1.807, 2.05) is 0 Å². The van der Waals surface area contributed by atoms with Crippen LogP contribution in [0.25, 0.3) is 4.96 Å². The summed E-state index contributed by atoms with van der Waals surface area (Å²) in [4.78, 5) is 16.9. The first kappa shape index (κ1) is 12.3. The Morgan fingerprint density at radius 1 is 1.47 bits per heavy atom. The number of amides is 1. The predicted octanol–water partition coefficient (Wildman–Crippen LogP) is 2.41. The van der Waals surface area contributed by atoms with Crippen LogP contribution in [-0.2, 0) is 0 Å². The summed E-state index contributed by atoms with van der Waals surface area (Å²) in [7, 11) is 0. The van der Waals surface area contributed by atoms with Gasteiger partial charge in [-0.1, -0.05) is 23.0 Å². The van der Waals surface area contributed by atoms with Crippen LogP contribution in [0.4, 0.5) is 0 Å². The zero-order chi connectivity index (χ0) is 13.1. The van der Waals surface area contributed by atoms with Gasteiger partial charge < -0.3 is 5.32 Å². The maximum absolute atomic E-state index is 11.9. The molecule has 100 valence electrons. The van der Waals surface area contributed by atoms with Crippen molar-refractivity contribution in [3.05, 3.63) is 29.1 Å². The lowest BCUT2D eigenvalue weighted by atomic mass is 9.97. The van der Waals surface area contributed by atoms with Crippen molar-refractivity contribution in [2.24, 2.45) is 0 Å². The van der Waals surface area contributed by atoms with E-state index in [9.17, 15) is 4.79 Å². The molecule has 0 saturated carbocycles. The molecule has 2 heterocycles. The van der Waals surface area contributed by atoms with Gasteiger partial charge >= 0.3 is 0 Å². The number of hydrogen-bond donors (Lipinski definition) is 1. The fourth-order valence-corrected chi connectivity index (χ4v) is 2.91. The normalized spacial score (nSPS) is 15.5. The first-order valence-electron chi connectivity index (χ1n) is 6.58. The highest BCUT2D eigenvalue weighted by Crippen LogP contribution is 2.19. The van der Waals surface area contributed by atoms with E-state index < -0.39 is 0 Å². The number of rotatable bonds is 4. The molecule has 0 radical (unpaired) electrons. The molecule has 1 aliphatic rings. The monoisotopic (exact) mass is 276 g/mol. The predicted molar refractivity (Wildman–Crippen MR) is 74.4 cm³/mol. The summed E-state index contributed by atoms with van der Waals surface area (Å²) in [5, 5.41) is 6.98. The lowest BCUT2D eigenvalue weighted by molar-refractivity contribution is 0.0949. The number of imidazole rings is 1. The van der Waals surface area contributed by atoms with Crippen LogP contribution in [0.5, 0.6) is 0 Å². The first-order chi connectivity index (χ1) is 9.33. The largest absolute Gasteiger partial charge is 0.350 e. The minimum absolute atomic E-state index is 0.117. The summed E-state index contributed by atoms with van der Waals surface area (Å²) in [5.41, 5.74) is 3.62. The highest BCUT2D eigenvalue weighted by atomic mass is 32.1. The molecule has 1 N–H and O–H groups in total. The second-order valence-corrected chi connectivity index (χ2v) is 5.52. The summed E-state index contributed by atoms with van der Waals surface area (Å²) >= 11 is 1.42. The molecule has 0 spiro atoms. The topological polar surface area (TPSA) is 59.3 Å². The number of allylic oxidation sites excluding steroid dienone is 1. The SMILES string of the molecule is O=C(NCCC1=CCCCC1)c1cn2ncsc2n1. The molecule has 2 aromatic rings. The Balaban J connectivity index is 1.53. The van der Waals surface area contributed by atoms with Crippen molar-refractivity contribution in [3.8, 4) is 0 Å². The first-order valence-corrected chi connectivity index (χ1v) is 7.46. The van der Waals surface area contributed by atoms with Gasteiger partial charge in [-0.15, -0.1) is 0 Å². The Morgan fingerprint density at radius 2 is 2.42 bits per heavy atom. The van der Waals surface area contributed by atoms with Crippen molar-refractivity contribution in [1.29, 1.82) is 0 Å². The number of nitrogens with zero attached hydrogens (tertiary/aromatic N) is 3. The molecule has 1 aliphatic carbocycles. The molecule has 0 atom stereocenters. The van der Waals surface area contributed by atoms with Gasteiger partial charge in [0.05, 0.1) is 6.20 Å². The van der Waals surface area contributed by atoms with E-state index in [2.05, 4.69) is 21.5 Å². The molecule has 0 bridgehead atoms. The maximum atomic E-state index is 11.9. The molecular weight excluding hydrogens is 260 g/mol. The van der Waals surface area contributed by atoms with E-state index in [1.54, 1.807) is 16.2 Å². The molecule has 0 saturated heterocycles. The van der Waals surface area contributed by atoms with E-state index in [4.69, 9.17) is 0 Å². The van der Waals surface area contributed by atoms with Gasteiger partial charge in [-0.2, -0.15) is 5.10 Å². The third-order valence-electron chi connectivity index (χ3n) is 3.34. The van der Waals surface area contributed by atoms with Gasteiger partial charge in [0.2, 0.25) is 4.96 Å². The number of carbonyl (C=O) groups excluding carboxylic acids is 1. The van der Waals surface area contributed by atoms with Crippen LogP contribution in [0.3, 0.4) is 0 Å². The van der Waals surface area contributed by atoms with Crippen LogP contribution in [0, 0.1) is 0 Å². The van der Waals surface area contributed by atoms with Gasteiger partial charge in [0.25, 0.3) is 5.91 Å². The summed E-state index contributed by atoms with van der Waals surface area (Å²) in [6, 6.07) is 0. The standard InChI is InChI=1S/C13H16N4OS/c18-12(11-8-17-13(16-11)19-9-15-17)14-7-6-10-4-2-1-3-5-10/h4,8-9H,1-3,5-7H2,(H,14,18). The molecule has 2 aromatic heterocycles. The van der Waals surface area contributed by atoms with Crippen LogP contribution in [0.15, 0.2) is 23.4 Å². The van der Waals surface area contributed by atoms with Gasteiger partial charge in [0.15, 0.2) is 0 Å². The highest BCUT2D eigenvalue weighted by Gasteiger charge is 2.12. The van der Waals surface area contributed by atoms with Gasteiger partial charge in [0, 0.05) is 6.54 Å². The molecular formula is C13H16N4OS. The second kappa shape index (κ2) is 5.52. The maximum Gasteiger partial charge on any atom is 0.271 e. The third kappa shape index (κ3) is 2.84. The number of hydrogen-bond acceptors (Lipinski definition) is 4. The molecule has 6 heteroatoms. The Bertz CT molecular complexity index is 584. The van der Waals surface area contributed by atoms with Crippen molar-refractivity contribution < 1.29 is 4.79 Å². The lowest BCUT2D eigenvalue weighted by Gasteiger charge is -2.12. The smallest absolute Gasteiger partial charge is 0.271 e. The summed E-state index contributed by atoms with van der Waals surface area (Å²) in [6.45, 7) is 0.684. The fourth-order valence-electron chi connectivity index (χ4n) is 2.31. The zero-order valence-corrected chi connectivity index (χ0v) is 11.4. The van der Waals surface area contributed by atoms with Crippen LogP contribution in [0.2, 0.25) is 0 Å². The fraction of sp³-hybridized carbons (Fsp3) is 0.462.